The predicted molar refractivity (Wildman–Crippen MR) is 96.0 cm³/mol. The Kier molecular flexibility index (Phi) is 4.44. The zero-order valence-corrected chi connectivity index (χ0v) is 13.7. The van der Waals surface area contributed by atoms with Crippen molar-refractivity contribution in [3.05, 3.63) is 70.9 Å². The van der Waals surface area contributed by atoms with Crippen LogP contribution < -0.4 is 10.6 Å². The number of anilines is 4. The molecule has 1 heterocycles. The molecule has 0 saturated heterocycles. The summed E-state index contributed by atoms with van der Waals surface area (Å²) in [6, 6.07) is 17.5. The average Bonchev–Trinajstić information content (AvgIpc) is 2.51. The van der Waals surface area contributed by atoms with Crippen molar-refractivity contribution in [3.8, 4) is 0 Å². The first-order valence-electron chi connectivity index (χ1n) is 7.31. The number of hydrogen-bond donors (Lipinski definition) is 2. The maximum Gasteiger partial charge on any atom is 0.229 e. The van der Waals surface area contributed by atoms with Gasteiger partial charge in [0.05, 0.1) is 10.7 Å². The number of rotatable bonds is 4. The lowest BCUT2D eigenvalue weighted by Gasteiger charge is -2.11. The minimum absolute atomic E-state index is 0.545. The molecule has 0 aliphatic carbocycles. The molecule has 0 spiro atoms. The van der Waals surface area contributed by atoms with Crippen LogP contribution in [0.2, 0.25) is 5.02 Å². The van der Waals surface area contributed by atoms with Crippen LogP contribution >= 0.6 is 11.6 Å². The van der Waals surface area contributed by atoms with Gasteiger partial charge in [-0.2, -0.15) is 4.98 Å². The third-order valence-electron chi connectivity index (χ3n) is 3.30. The third-order valence-corrected chi connectivity index (χ3v) is 3.63. The summed E-state index contributed by atoms with van der Waals surface area (Å²) < 4.78 is 0. The molecule has 0 saturated carbocycles. The van der Waals surface area contributed by atoms with E-state index in [0.717, 1.165) is 17.1 Å². The quantitative estimate of drug-likeness (QED) is 0.689. The lowest BCUT2D eigenvalue weighted by atomic mass is 10.2. The normalized spacial score (nSPS) is 10.4. The van der Waals surface area contributed by atoms with Crippen LogP contribution in [-0.4, -0.2) is 9.97 Å². The Balaban J connectivity index is 1.84. The first-order chi connectivity index (χ1) is 11.1. The molecule has 2 aromatic carbocycles. The van der Waals surface area contributed by atoms with Crippen LogP contribution in [0.15, 0.2) is 54.6 Å². The van der Waals surface area contributed by atoms with Gasteiger partial charge in [-0.05, 0) is 38.1 Å². The fourth-order valence-electron chi connectivity index (χ4n) is 2.16. The van der Waals surface area contributed by atoms with E-state index < -0.39 is 0 Å². The molecule has 1 aromatic heterocycles. The number of para-hydroxylation sites is 1. The van der Waals surface area contributed by atoms with Gasteiger partial charge in [0.2, 0.25) is 5.95 Å². The van der Waals surface area contributed by atoms with Gasteiger partial charge in [0.1, 0.15) is 5.82 Å². The van der Waals surface area contributed by atoms with Crippen molar-refractivity contribution in [2.24, 2.45) is 0 Å². The molecule has 4 nitrogen and oxygen atoms in total. The zero-order chi connectivity index (χ0) is 16.2. The molecule has 116 valence electrons. The molecular formula is C18H17ClN4. The number of nitrogens with one attached hydrogen (secondary N) is 2. The monoisotopic (exact) mass is 324 g/mol. The number of aryl methyl sites for hydroxylation is 2. The van der Waals surface area contributed by atoms with Crippen LogP contribution in [0.4, 0.5) is 23.1 Å². The van der Waals surface area contributed by atoms with Crippen molar-refractivity contribution >= 4 is 34.7 Å². The molecule has 0 bridgehead atoms. The van der Waals surface area contributed by atoms with Crippen LogP contribution in [0.3, 0.4) is 0 Å². The minimum Gasteiger partial charge on any atom is -0.339 e. The molecule has 0 unspecified atom stereocenters. The fraction of sp³-hybridized carbons (Fsp3) is 0.111. The summed E-state index contributed by atoms with van der Waals surface area (Å²) in [6.45, 7) is 3.98. The first-order valence-corrected chi connectivity index (χ1v) is 7.69. The van der Waals surface area contributed by atoms with Gasteiger partial charge >= 0.3 is 0 Å². The Hall–Kier alpha value is -2.59. The molecule has 23 heavy (non-hydrogen) atoms. The first kappa shape index (κ1) is 15.3. The van der Waals surface area contributed by atoms with Gasteiger partial charge in [0.15, 0.2) is 0 Å². The number of hydrogen-bond acceptors (Lipinski definition) is 4. The van der Waals surface area contributed by atoms with Gasteiger partial charge in [-0.15, -0.1) is 0 Å². The Morgan fingerprint density at radius 1 is 0.870 bits per heavy atom. The SMILES string of the molecule is Cc1ccc(Nc2nc(C)cc(Nc3ccccc3Cl)n2)cc1. The van der Waals surface area contributed by atoms with E-state index >= 15 is 0 Å². The summed E-state index contributed by atoms with van der Waals surface area (Å²) in [7, 11) is 0. The summed E-state index contributed by atoms with van der Waals surface area (Å²) >= 11 is 6.18. The van der Waals surface area contributed by atoms with Crippen molar-refractivity contribution < 1.29 is 0 Å². The Labute approximate surface area is 140 Å². The third kappa shape index (κ3) is 3.99. The highest BCUT2D eigenvalue weighted by Crippen LogP contribution is 2.25. The van der Waals surface area contributed by atoms with Crippen molar-refractivity contribution in [2.45, 2.75) is 13.8 Å². The van der Waals surface area contributed by atoms with Crippen LogP contribution in [0.5, 0.6) is 0 Å². The number of benzene rings is 2. The van der Waals surface area contributed by atoms with E-state index in [4.69, 9.17) is 11.6 Å². The molecule has 3 aromatic rings. The van der Waals surface area contributed by atoms with E-state index in [9.17, 15) is 0 Å². The summed E-state index contributed by atoms with van der Waals surface area (Å²) in [5, 5.41) is 7.09. The Morgan fingerprint density at radius 3 is 2.35 bits per heavy atom. The number of nitrogens with zero attached hydrogens (tertiary/aromatic N) is 2. The average molecular weight is 325 g/mol. The van der Waals surface area contributed by atoms with E-state index in [1.807, 2.05) is 61.5 Å². The summed E-state index contributed by atoms with van der Waals surface area (Å²) in [5.41, 5.74) is 3.84. The van der Waals surface area contributed by atoms with Crippen molar-refractivity contribution in [2.75, 3.05) is 10.6 Å². The molecule has 0 atom stereocenters. The van der Waals surface area contributed by atoms with Crippen LogP contribution in [-0.2, 0) is 0 Å². The lowest BCUT2D eigenvalue weighted by Crippen LogP contribution is -2.02. The molecule has 0 aliphatic heterocycles. The second-order valence-electron chi connectivity index (χ2n) is 5.31. The molecule has 0 fully saturated rings. The van der Waals surface area contributed by atoms with E-state index in [2.05, 4.69) is 27.5 Å². The summed E-state index contributed by atoms with van der Waals surface area (Å²) in [4.78, 5) is 8.92. The van der Waals surface area contributed by atoms with Crippen LogP contribution in [0.1, 0.15) is 11.3 Å². The zero-order valence-electron chi connectivity index (χ0n) is 13.0. The van der Waals surface area contributed by atoms with E-state index in [1.165, 1.54) is 5.56 Å². The molecule has 0 amide bonds. The standard InChI is InChI=1S/C18H17ClN4/c1-12-7-9-14(10-8-12)21-18-20-13(2)11-17(23-18)22-16-6-4-3-5-15(16)19/h3-11H,1-2H3,(H2,20,21,22,23). The smallest absolute Gasteiger partial charge is 0.229 e. The molecule has 5 heteroatoms. The van der Waals surface area contributed by atoms with E-state index in [1.54, 1.807) is 0 Å². The van der Waals surface area contributed by atoms with Gasteiger partial charge in [-0.3, -0.25) is 0 Å². The van der Waals surface area contributed by atoms with Gasteiger partial charge < -0.3 is 10.6 Å². The summed E-state index contributed by atoms with van der Waals surface area (Å²) in [6.07, 6.45) is 0. The molecule has 2 N–H and O–H groups in total. The Morgan fingerprint density at radius 2 is 1.61 bits per heavy atom. The highest BCUT2D eigenvalue weighted by molar-refractivity contribution is 6.33. The van der Waals surface area contributed by atoms with Gasteiger partial charge in [0, 0.05) is 17.4 Å². The number of halogens is 1. The fourth-order valence-corrected chi connectivity index (χ4v) is 2.34. The topological polar surface area (TPSA) is 49.8 Å². The van der Waals surface area contributed by atoms with E-state index in [0.29, 0.717) is 16.8 Å². The largest absolute Gasteiger partial charge is 0.339 e. The number of aromatic nitrogens is 2. The van der Waals surface area contributed by atoms with Crippen LogP contribution in [0, 0.1) is 13.8 Å². The molecule has 3 rings (SSSR count). The van der Waals surface area contributed by atoms with Crippen molar-refractivity contribution in [1.82, 2.24) is 9.97 Å². The highest BCUT2D eigenvalue weighted by atomic mass is 35.5. The second-order valence-corrected chi connectivity index (χ2v) is 5.72. The van der Waals surface area contributed by atoms with Gasteiger partial charge in [-0.25, -0.2) is 4.98 Å². The van der Waals surface area contributed by atoms with Crippen molar-refractivity contribution in [3.63, 3.8) is 0 Å². The van der Waals surface area contributed by atoms with Gasteiger partial charge in [-0.1, -0.05) is 41.4 Å². The second kappa shape index (κ2) is 6.67. The van der Waals surface area contributed by atoms with Crippen LogP contribution in [0.25, 0.3) is 0 Å². The molecule has 0 radical (unpaired) electrons. The highest BCUT2D eigenvalue weighted by Gasteiger charge is 2.05. The maximum atomic E-state index is 6.18. The van der Waals surface area contributed by atoms with Gasteiger partial charge in [0.25, 0.3) is 0 Å². The summed E-state index contributed by atoms with van der Waals surface area (Å²) in [5.74, 6) is 1.24. The predicted octanol–water partition coefficient (Wildman–Crippen LogP) is 5.23. The molecule has 0 aliphatic rings. The Bertz CT molecular complexity index is 816. The maximum absolute atomic E-state index is 6.18. The minimum atomic E-state index is 0.545. The van der Waals surface area contributed by atoms with Crippen molar-refractivity contribution in [1.29, 1.82) is 0 Å². The lowest BCUT2D eigenvalue weighted by molar-refractivity contribution is 1.11. The molecular weight excluding hydrogens is 308 g/mol. The van der Waals surface area contributed by atoms with E-state index in [-0.39, 0.29) is 0 Å².